The summed E-state index contributed by atoms with van der Waals surface area (Å²) < 4.78 is 15.5. The fraction of sp³-hybridized carbons (Fsp3) is 0.290. The van der Waals surface area contributed by atoms with Crippen LogP contribution in [0.5, 0.6) is 11.5 Å². The molecule has 2 fully saturated rings. The molecule has 3 amide bonds. The fourth-order valence-corrected chi connectivity index (χ4v) is 5.51. The van der Waals surface area contributed by atoms with Crippen LogP contribution < -0.4 is 19.7 Å². The van der Waals surface area contributed by atoms with Crippen LogP contribution in [-0.4, -0.2) is 44.5 Å². The van der Waals surface area contributed by atoms with Crippen LogP contribution in [0.1, 0.15) is 41.1 Å². The second kappa shape index (κ2) is 11.6. The molecule has 0 radical (unpaired) electrons. The van der Waals surface area contributed by atoms with Gasteiger partial charge in [-0.25, -0.2) is 4.79 Å². The smallest absolute Gasteiger partial charge is 0.338 e. The van der Waals surface area contributed by atoms with Crippen molar-refractivity contribution in [3.63, 3.8) is 0 Å². The van der Waals surface area contributed by atoms with Gasteiger partial charge < -0.3 is 19.5 Å². The topological polar surface area (TPSA) is 111 Å². The number of esters is 1. The van der Waals surface area contributed by atoms with Gasteiger partial charge in [0, 0.05) is 6.07 Å². The molecule has 9 heteroatoms. The average molecular weight is 543 g/mol. The van der Waals surface area contributed by atoms with Crippen molar-refractivity contribution in [3.8, 4) is 11.5 Å². The molecule has 0 bridgehead atoms. The predicted molar refractivity (Wildman–Crippen MR) is 147 cm³/mol. The van der Waals surface area contributed by atoms with Gasteiger partial charge in [-0.3, -0.25) is 19.3 Å². The van der Waals surface area contributed by atoms with Crippen molar-refractivity contribution in [1.82, 2.24) is 0 Å². The van der Waals surface area contributed by atoms with E-state index in [1.807, 2.05) is 18.2 Å². The molecule has 1 aliphatic carbocycles. The van der Waals surface area contributed by atoms with Crippen LogP contribution in [0.3, 0.4) is 0 Å². The molecule has 1 heterocycles. The number of rotatable bonds is 8. The van der Waals surface area contributed by atoms with Gasteiger partial charge in [-0.05, 0) is 67.1 Å². The molecule has 1 aliphatic heterocycles. The zero-order valence-electron chi connectivity index (χ0n) is 22.3. The van der Waals surface area contributed by atoms with Crippen LogP contribution in [-0.2, 0) is 19.1 Å². The molecule has 40 heavy (non-hydrogen) atoms. The number of amides is 3. The average Bonchev–Trinajstić information content (AvgIpc) is 3.25. The number of ether oxygens (including phenoxy) is 3. The molecule has 0 spiro atoms. The molecule has 0 aromatic heterocycles. The lowest BCUT2D eigenvalue weighted by Crippen LogP contribution is -2.30. The van der Waals surface area contributed by atoms with Gasteiger partial charge in [-0.15, -0.1) is 0 Å². The van der Waals surface area contributed by atoms with E-state index in [0.29, 0.717) is 35.7 Å². The molecular weight excluding hydrogens is 512 g/mol. The van der Waals surface area contributed by atoms with Crippen LogP contribution in [0, 0.1) is 11.8 Å². The lowest BCUT2D eigenvalue weighted by molar-refractivity contribution is -0.122. The second-order valence-corrected chi connectivity index (χ2v) is 9.88. The summed E-state index contributed by atoms with van der Waals surface area (Å²) in [5.74, 6) is -1.09. The predicted octanol–water partition coefficient (Wildman–Crippen LogP) is 4.57. The summed E-state index contributed by atoms with van der Waals surface area (Å²) in [6, 6.07) is 21.1. The molecular formula is C31H30N2O7. The zero-order valence-corrected chi connectivity index (χ0v) is 22.3. The Morgan fingerprint density at radius 3 is 2.30 bits per heavy atom. The molecule has 1 saturated carbocycles. The van der Waals surface area contributed by atoms with Gasteiger partial charge in [0.15, 0.2) is 6.61 Å². The Hall–Kier alpha value is -4.66. The van der Waals surface area contributed by atoms with E-state index < -0.39 is 18.5 Å². The van der Waals surface area contributed by atoms with Crippen molar-refractivity contribution >= 4 is 35.1 Å². The molecule has 2 aliphatic rings. The first-order valence-electron chi connectivity index (χ1n) is 13.1. The van der Waals surface area contributed by atoms with Gasteiger partial charge in [0.05, 0.1) is 43.0 Å². The quantitative estimate of drug-likeness (QED) is 0.328. The van der Waals surface area contributed by atoms with Gasteiger partial charge in [-0.1, -0.05) is 30.3 Å². The van der Waals surface area contributed by atoms with E-state index in [0.717, 1.165) is 6.42 Å². The van der Waals surface area contributed by atoms with Crippen LogP contribution >= 0.6 is 0 Å². The van der Waals surface area contributed by atoms with Gasteiger partial charge in [0.1, 0.15) is 11.5 Å². The highest BCUT2D eigenvalue weighted by atomic mass is 16.5. The van der Waals surface area contributed by atoms with E-state index in [2.05, 4.69) is 17.4 Å². The van der Waals surface area contributed by atoms with E-state index in [4.69, 9.17) is 14.2 Å². The summed E-state index contributed by atoms with van der Waals surface area (Å²) in [4.78, 5) is 52.6. The molecule has 1 N–H and O–H groups in total. The number of carbonyl (C=O) groups is 4. The number of imide groups is 1. The van der Waals surface area contributed by atoms with Crippen LogP contribution in [0.15, 0.2) is 72.8 Å². The summed E-state index contributed by atoms with van der Waals surface area (Å²) in [5.41, 5.74) is 2.21. The Bertz CT molecular complexity index is 1420. The third-order valence-corrected chi connectivity index (χ3v) is 7.57. The first-order valence-corrected chi connectivity index (χ1v) is 13.1. The van der Waals surface area contributed by atoms with E-state index >= 15 is 0 Å². The second-order valence-electron chi connectivity index (χ2n) is 9.88. The Balaban J connectivity index is 1.19. The number of methoxy groups -OCH3 is 2. The number of fused-ring (bicyclic) bond motifs is 1. The zero-order chi connectivity index (χ0) is 28.2. The van der Waals surface area contributed by atoms with Crippen molar-refractivity contribution in [1.29, 1.82) is 0 Å². The van der Waals surface area contributed by atoms with Crippen LogP contribution in [0.2, 0.25) is 0 Å². The van der Waals surface area contributed by atoms with E-state index in [1.165, 1.54) is 36.8 Å². The molecule has 9 nitrogen and oxygen atoms in total. The number of hydrogen-bond acceptors (Lipinski definition) is 7. The summed E-state index contributed by atoms with van der Waals surface area (Å²) in [5, 5.41) is 2.63. The summed E-state index contributed by atoms with van der Waals surface area (Å²) in [6.07, 6.45) is 2.17. The van der Waals surface area contributed by atoms with E-state index in [1.54, 1.807) is 30.3 Å². The Morgan fingerprint density at radius 1 is 0.875 bits per heavy atom. The third-order valence-electron chi connectivity index (χ3n) is 7.57. The monoisotopic (exact) mass is 542 g/mol. The highest BCUT2D eigenvalue weighted by Crippen LogP contribution is 2.45. The lowest BCUT2D eigenvalue weighted by atomic mass is 9.73. The maximum Gasteiger partial charge on any atom is 0.338 e. The van der Waals surface area contributed by atoms with Gasteiger partial charge in [-0.2, -0.15) is 0 Å². The maximum atomic E-state index is 13.3. The summed E-state index contributed by atoms with van der Waals surface area (Å²) >= 11 is 0. The number of hydrogen-bond donors (Lipinski definition) is 1. The van der Waals surface area contributed by atoms with Gasteiger partial charge in [0.25, 0.3) is 5.91 Å². The Morgan fingerprint density at radius 2 is 1.60 bits per heavy atom. The standard InChI is InChI=1S/C31H30N2O7/c1-38-23-13-15-26(27(17-23)39-2)32-28(34)18-40-31(37)20-8-11-22(12-9-20)33-29(35)24-14-10-21(16-25(24)30(33)36)19-6-4-3-5-7-19/h3-9,11-13,15,17,21,24-25H,10,14,16,18H2,1-2H3,(H,32,34)/t21-,24-,25-/m1/s1. The minimum atomic E-state index is -0.707. The van der Waals surface area contributed by atoms with Crippen molar-refractivity contribution in [2.75, 3.05) is 31.0 Å². The largest absolute Gasteiger partial charge is 0.497 e. The number of nitrogens with zero attached hydrogens (tertiary/aromatic N) is 1. The molecule has 1 saturated heterocycles. The normalized spacial score (nSPS) is 20.1. The molecule has 206 valence electrons. The first kappa shape index (κ1) is 26.9. The highest BCUT2D eigenvalue weighted by molar-refractivity contribution is 6.22. The summed E-state index contributed by atoms with van der Waals surface area (Å²) in [6.45, 7) is -0.509. The third kappa shape index (κ3) is 5.40. The Labute approximate surface area is 232 Å². The Kier molecular flexibility index (Phi) is 7.82. The fourth-order valence-electron chi connectivity index (χ4n) is 5.51. The summed E-state index contributed by atoms with van der Waals surface area (Å²) in [7, 11) is 2.99. The van der Waals surface area contributed by atoms with Crippen LogP contribution in [0.25, 0.3) is 0 Å². The first-order chi connectivity index (χ1) is 19.4. The lowest BCUT2D eigenvalue weighted by Gasteiger charge is -2.28. The number of anilines is 2. The molecule has 3 atom stereocenters. The van der Waals surface area contributed by atoms with Crippen molar-refractivity contribution in [2.24, 2.45) is 11.8 Å². The number of carbonyl (C=O) groups excluding carboxylic acids is 4. The van der Waals surface area contributed by atoms with Gasteiger partial charge >= 0.3 is 5.97 Å². The van der Waals surface area contributed by atoms with Crippen molar-refractivity contribution < 1.29 is 33.4 Å². The van der Waals surface area contributed by atoms with Crippen molar-refractivity contribution in [2.45, 2.75) is 25.2 Å². The van der Waals surface area contributed by atoms with Gasteiger partial charge in [0.2, 0.25) is 11.8 Å². The number of nitrogens with one attached hydrogen (secondary N) is 1. The van der Waals surface area contributed by atoms with Crippen LogP contribution in [0.4, 0.5) is 11.4 Å². The van der Waals surface area contributed by atoms with Crippen molar-refractivity contribution in [3.05, 3.63) is 83.9 Å². The van der Waals surface area contributed by atoms with E-state index in [9.17, 15) is 19.2 Å². The minimum absolute atomic E-state index is 0.192. The number of benzene rings is 3. The molecule has 3 aromatic carbocycles. The van der Waals surface area contributed by atoms with E-state index in [-0.39, 0.29) is 35.1 Å². The molecule has 3 aromatic rings. The minimum Gasteiger partial charge on any atom is -0.497 e. The highest BCUT2D eigenvalue weighted by Gasteiger charge is 2.50. The molecule has 0 unspecified atom stereocenters. The SMILES string of the molecule is COc1ccc(NC(=O)COC(=O)c2ccc(N3C(=O)[C@@H]4CC[C@@H](c5ccccc5)C[C@H]4C3=O)cc2)c(OC)c1. The maximum absolute atomic E-state index is 13.3. The molecule has 5 rings (SSSR count).